The van der Waals surface area contributed by atoms with Gasteiger partial charge < -0.3 is 20.1 Å². The molecular weight excluding hydrogens is 256 g/mol. The minimum absolute atomic E-state index is 0.00983. The Morgan fingerprint density at radius 1 is 1.60 bits per heavy atom. The summed E-state index contributed by atoms with van der Waals surface area (Å²) in [6.07, 6.45) is 3.45. The van der Waals surface area contributed by atoms with Gasteiger partial charge in [-0.15, -0.1) is 0 Å². The van der Waals surface area contributed by atoms with Crippen LogP contribution in [0.2, 0.25) is 0 Å². The minimum atomic E-state index is -0.178. The van der Waals surface area contributed by atoms with Crippen LogP contribution in [0.5, 0.6) is 5.75 Å². The van der Waals surface area contributed by atoms with Gasteiger partial charge in [0.1, 0.15) is 12.4 Å². The van der Waals surface area contributed by atoms with Gasteiger partial charge in [0.05, 0.1) is 12.6 Å². The summed E-state index contributed by atoms with van der Waals surface area (Å²) < 4.78 is 5.42. The largest absolute Gasteiger partial charge is 0.489 e. The molecule has 20 heavy (non-hydrogen) atoms. The summed E-state index contributed by atoms with van der Waals surface area (Å²) in [4.78, 5) is 13.8. The van der Waals surface area contributed by atoms with Crippen molar-refractivity contribution in [2.24, 2.45) is 0 Å². The van der Waals surface area contributed by atoms with Gasteiger partial charge in [-0.25, -0.2) is 4.79 Å². The van der Waals surface area contributed by atoms with Crippen molar-refractivity contribution in [2.45, 2.75) is 18.9 Å². The van der Waals surface area contributed by atoms with E-state index in [0.29, 0.717) is 24.6 Å². The maximum atomic E-state index is 12.2. The summed E-state index contributed by atoms with van der Waals surface area (Å²) >= 11 is 0. The molecule has 1 saturated heterocycles. The van der Waals surface area contributed by atoms with Crippen molar-refractivity contribution in [3.8, 4) is 5.75 Å². The van der Waals surface area contributed by atoms with Gasteiger partial charge in [-0.1, -0.05) is 18.7 Å². The average Bonchev–Trinajstić information content (AvgIpc) is 2.94. The van der Waals surface area contributed by atoms with E-state index in [1.165, 1.54) is 0 Å². The fourth-order valence-electron chi connectivity index (χ4n) is 2.31. The molecule has 1 aromatic carbocycles. The van der Waals surface area contributed by atoms with Gasteiger partial charge in [0, 0.05) is 18.3 Å². The highest BCUT2D eigenvalue weighted by Crippen LogP contribution is 2.21. The van der Waals surface area contributed by atoms with Crippen molar-refractivity contribution in [3.63, 3.8) is 0 Å². The van der Waals surface area contributed by atoms with Crippen molar-refractivity contribution in [2.75, 3.05) is 25.1 Å². The molecule has 2 N–H and O–H groups in total. The van der Waals surface area contributed by atoms with Gasteiger partial charge in [-0.3, -0.25) is 0 Å². The average molecular weight is 276 g/mol. The zero-order valence-corrected chi connectivity index (χ0v) is 11.4. The van der Waals surface area contributed by atoms with Gasteiger partial charge in [0.25, 0.3) is 0 Å². The van der Waals surface area contributed by atoms with Crippen LogP contribution in [-0.4, -0.2) is 41.8 Å². The highest BCUT2D eigenvalue weighted by atomic mass is 16.5. The first-order valence-electron chi connectivity index (χ1n) is 6.77. The molecule has 0 aromatic heterocycles. The molecule has 0 spiro atoms. The van der Waals surface area contributed by atoms with E-state index in [1.54, 1.807) is 17.0 Å². The SMILES string of the molecule is C=CCOc1cccc(NC(=O)N2CCC[C@H]2CO)c1. The molecule has 0 bridgehead atoms. The first kappa shape index (κ1) is 14.4. The van der Waals surface area contributed by atoms with Gasteiger partial charge in [0.15, 0.2) is 0 Å². The number of rotatable bonds is 5. The lowest BCUT2D eigenvalue weighted by Crippen LogP contribution is -2.40. The lowest BCUT2D eigenvalue weighted by molar-refractivity contribution is 0.166. The normalized spacial score (nSPS) is 17.9. The van der Waals surface area contributed by atoms with Crippen LogP contribution in [0.4, 0.5) is 10.5 Å². The molecule has 0 saturated carbocycles. The molecule has 2 amide bonds. The Hall–Kier alpha value is -2.01. The zero-order chi connectivity index (χ0) is 14.4. The molecule has 5 heteroatoms. The molecule has 5 nitrogen and oxygen atoms in total. The predicted octanol–water partition coefficient (Wildman–Crippen LogP) is 2.24. The molecule has 1 aliphatic rings. The fourth-order valence-corrected chi connectivity index (χ4v) is 2.31. The van der Waals surface area contributed by atoms with Gasteiger partial charge in [-0.05, 0) is 25.0 Å². The molecule has 1 fully saturated rings. The Labute approximate surface area is 118 Å². The summed E-state index contributed by atoms with van der Waals surface area (Å²) in [7, 11) is 0. The number of aliphatic hydroxyl groups is 1. The van der Waals surface area contributed by atoms with Crippen LogP contribution in [0.25, 0.3) is 0 Å². The van der Waals surface area contributed by atoms with Crippen molar-refractivity contribution < 1.29 is 14.6 Å². The second-order valence-corrected chi connectivity index (χ2v) is 4.73. The Balaban J connectivity index is 1.98. The van der Waals surface area contributed by atoms with Crippen LogP contribution in [-0.2, 0) is 0 Å². The number of carbonyl (C=O) groups excluding carboxylic acids is 1. The number of hydrogen-bond acceptors (Lipinski definition) is 3. The molecule has 108 valence electrons. The number of nitrogens with zero attached hydrogens (tertiary/aromatic N) is 1. The van der Waals surface area contributed by atoms with Gasteiger partial charge >= 0.3 is 6.03 Å². The van der Waals surface area contributed by atoms with Crippen LogP contribution in [0.15, 0.2) is 36.9 Å². The van der Waals surface area contributed by atoms with Crippen LogP contribution in [0, 0.1) is 0 Å². The number of hydrogen-bond donors (Lipinski definition) is 2. The van der Waals surface area contributed by atoms with E-state index in [-0.39, 0.29) is 18.7 Å². The third kappa shape index (κ3) is 3.51. The first-order chi connectivity index (χ1) is 9.74. The Morgan fingerprint density at radius 3 is 3.20 bits per heavy atom. The number of aliphatic hydroxyl groups excluding tert-OH is 1. The summed E-state index contributed by atoms with van der Waals surface area (Å²) in [6, 6.07) is 6.97. The molecule has 0 unspecified atom stereocenters. The fraction of sp³-hybridized carbons (Fsp3) is 0.400. The molecule has 2 rings (SSSR count). The van der Waals surface area contributed by atoms with Crippen molar-refractivity contribution in [1.29, 1.82) is 0 Å². The minimum Gasteiger partial charge on any atom is -0.489 e. The van der Waals surface area contributed by atoms with Gasteiger partial charge in [-0.2, -0.15) is 0 Å². The number of urea groups is 1. The maximum absolute atomic E-state index is 12.2. The summed E-state index contributed by atoms with van der Waals surface area (Å²) in [5.41, 5.74) is 0.681. The Kier molecular flexibility index (Phi) is 5.01. The number of nitrogens with one attached hydrogen (secondary N) is 1. The Bertz CT molecular complexity index is 476. The quantitative estimate of drug-likeness (QED) is 0.811. The monoisotopic (exact) mass is 276 g/mol. The number of ether oxygens (including phenoxy) is 1. The standard InChI is InChI=1S/C15H20N2O3/c1-2-9-20-14-7-3-5-12(10-14)16-15(19)17-8-4-6-13(17)11-18/h2-3,5,7,10,13,18H,1,4,6,8-9,11H2,(H,16,19)/t13-/m0/s1. The highest BCUT2D eigenvalue weighted by Gasteiger charge is 2.27. The van der Waals surface area contributed by atoms with Crippen LogP contribution >= 0.6 is 0 Å². The molecule has 0 aliphatic carbocycles. The van der Waals surface area contributed by atoms with E-state index in [4.69, 9.17) is 4.74 Å². The molecule has 0 radical (unpaired) electrons. The maximum Gasteiger partial charge on any atom is 0.322 e. The second-order valence-electron chi connectivity index (χ2n) is 4.73. The second kappa shape index (κ2) is 6.96. The number of anilines is 1. The summed E-state index contributed by atoms with van der Waals surface area (Å²) in [5.74, 6) is 0.683. The van der Waals surface area contributed by atoms with Crippen molar-refractivity contribution >= 4 is 11.7 Å². The third-order valence-corrected chi connectivity index (χ3v) is 3.30. The number of likely N-dealkylation sites (tertiary alicyclic amines) is 1. The molecule has 1 aliphatic heterocycles. The van der Waals surface area contributed by atoms with Crippen LogP contribution < -0.4 is 10.1 Å². The first-order valence-corrected chi connectivity index (χ1v) is 6.77. The zero-order valence-electron chi connectivity index (χ0n) is 11.4. The van der Waals surface area contributed by atoms with Crippen molar-refractivity contribution in [3.05, 3.63) is 36.9 Å². The van der Waals surface area contributed by atoms with E-state index in [0.717, 1.165) is 12.8 Å². The Morgan fingerprint density at radius 2 is 2.45 bits per heavy atom. The van der Waals surface area contributed by atoms with E-state index in [1.807, 2.05) is 18.2 Å². The number of amides is 2. The molecular formula is C15H20N2O3. The topological polar surface area (TPSA) is 61.8 Å². The van der Waals surface area contributed by atoms with E-state index in [9.17, 15) is 9.90 Å². The van der Waals surface area contributed by atoms with Gasteiger partial charge in [0.2, 0.25) is 0 Å². The van der Waals surface area contributed by atoms with E-state index >= 15 is 0 Å². The van der Waals surface area contributed by atoms with Crippen LogP contribution in [0.3, 0.4) is 0 Å². The third-order valence-electron chi connectivity index (χ3n) is 3.30. The van der Waals surface area contributed by atoms with E-state index < -0.39 is 0 Å². The number of benzene rings is 1. The predicted molar refractivity (Wildman–Crippen MR) is 78.0 cm³/mol. The van der Waals surface area contributed by atoms with Crippen molar-refractivity contribution in [1.82, 2.24) is 4.90 Å². The number of carbonyl (C=O) groups is 1. The molecule has 1 atom stereocenters. The lowest BCUT2D eigenvalue weighted by Gasteiger charge is -2.23. The molecule has 1 heterocycles. The summed E-state index contributed by atoms with van der Waals surface area (Å²) in [5, 5.41) is 12.1. The van der Waals surface area contributed by atoms with Crippen LogP contribution in [0.1, 0.15) is 12.8 Å². The lowest BCUT2D eigenvalue weighted by atomic mass is 10.2. The summed E-state index contributed by atoms with van der Waals surface area (Å²) in [6.45, 7) is 4.71. The molecule has 1 aromatic rings. The highest BCUT2D eigenvalue weighted by molar-refractivity contribution is 5.89. The van der Waals surface area contributed by atoms with E-state index in [2.05, 4.69) is 11.9 Å². The smallest absolute Gasteiger partial charge is 0.322 e.